The van der Waals surface area contributed by atoms with Gasteiger partial charge in [0.25, 0.3) is 0 Å². The number of benzene rings is 5. The van der Waals surface area contributed by atoms with Crippen LogP contribution in [0.1, 0.15) is 29.3 Å². The van der Waals surface area contributed by atoms with Crippen molar-refractivity contribution >= 4 is 38.9 Å². The summed E-state index contributed by atoms with van der Waals surface area (Å²) >= 11 is 0. The summed E-state index contributed by atoms with van der Waals surface area (Å²) in [6, 6.07) is 39.3. The second kappa shape index (κ2) is 9.62. The van der Waals surface area contributed by atoms with Crippen LogP contribution in [0.4, 0.5) is 0 Å². The van der Waals surface area contributed by atoms with Crippen LogP contribution in [0.25, 0.3) is 66.9 Å². The first-order valence-corrected chi connectivity index (χ1v) is 14.4. The molecule has 0 unspecified atom stereocenters. The molecule has 43 heavy (non-hydrogen) atoms. The second-order valence-electron chi connectivity index (χ2n) is 11.4. The standard InChI is InChI=1S/C39H25N3O/c1-24-10-12-37-34(14-24)32-6-2-4-8-36(32)42(37)31-18-26(23-41)17-30(20-31)29-16-25(22-40)15-28(19-29)27-11-13-39-35(21-27)33-7-3-5-9-38(33)43-39/h2-13,15-21,24H,14H2,1H3/t24-/m0/s1. The third-order valence-electron chi connectivity index (χ3n) is 8.54. The quantitative estimate of drug-likeness (QED) is 0.219. The van der Waals surface area contributed by atoms with Crippen LogP contribution in [0.15, 0.2) is 114 Å². The third-order valence-corrected chi connectivity index (χ3v) is 8.54. The van der Waals surface area contributed by atoms with Gasteiger partial charge < -0.3 is 8.98 Å². The number of hydrogen-bond acceptors (Lipinski definition) is 3. The van der Waals surface area contributed by atoms with Crippen molar-refractivity contribution in [3.63, 3.8) is 0 Å². The van der Waals surface area contributed by atoms with Gasteiger partial charge in [0.05, 0.1) is 28.8 Å². The molecule has 2 aromatic heterocycles. The van der Waals surface area contributed by atoms with Crippen LogP contribution >= 0.6 is 0 Å². The van der Waals surface area contributed by atoms with Crippen molar-refractivity contribution in [3.8, 4) is 40.1 Å². The molecule has 0 saturated heterocycles. The lowest BCUT2D eigenvalue weighted by Gasteiger charge is -2.17. The highest BCUT2D eigenvalue weighted by molar-refractivity contribution is 6.06. The smallest absolute Gasteiger partial charge is 0.135 e. The van der Waals surface area contributed by atoms with E-state index < -0.39 is 0 Å². The highest BCUT2D eigenvalue weighted by Crippen LogP contribution is 2.38. The van der Waals surface area contributed by atoms with Crippen molar-refractivity contribution in [2.45, 2.75) is 13.3 Å². The van der Waals surface area contributed by atoms with Crippen LogP contribution in [-0.2, 0) is 6.42 Å². The molecule has 0 bridgehead atoms. The number of nitriles is 2. The highest BCUT2D eigenvalue weighted by atomic mass is 16.3. The minimum Gasteiger partial charge on any atom is -0.456 e. The lowest BCUT2D eigenvalue weighted by molar-refractivity contribution is 0.669. The molecule has 4 heteroatoms. The fraction of sp³-hybridized carbons (Fsp3) is 0.0769. The van der Waals surface area contributed by atoms with Gasteiger partial charge in [0, 0.05) is 27.5 Å². The van der Waals surface area contributed by atoms with Gasteiger partial charge in [-0.25, -0.2) is 0 Å². The molecule has 202 valence electrons. The highest BCUT2D eigenvalue weighted by Gasteiger charge is 2.21. The average Bonchev–Trinajstić information content (AvgIpc) is 3.59. The predicted molar refractivity (Wildman–Crippen MR) is 173 cm³/mol. The maximum absolute atomic E-state index is 10.1. The first-order chi connectivity index (χ1) is 21.1. The lowest BCUT2D eigenvalue weighted by atomic mass is 9.93. The van der Waals surface area contributed by atoms with E-state index in [1.54, 1.807) is 0 Å². The Kier molecular flexibility index (Phi) is 5.58. The van der Waals surface area contributed by atoms with Gasteiger partial charge in [-0.05, 0) is 107 Å². The van der Waals surface area contributed by atoms with E-state index in [1.807, 2.05) is 54.6 Å². The molecule has 5 aromatic carbocycles. The Balaban J connectivity index is 1.32. The Morgan fingerprint density at radius 2 is 1.35 bits per heavy atom. The van der Waals surface area contributed by atoms with Crippen LogP contribution in [0, 0.1) is 28.6 Å². The number of rotatable bonds is 3. The van der Waals surface area contributed by atoms with Crippen molar-refractivity contribution in [2.24, 2.45) is 5.92 Å². The first-order valence-electron chi connectivity index (χ1n) is 14.4. The summed E-state index contributed by atoms with van der Waals surface area (Å²) in [6.45, 7) is 2.24. The topological polar surface area (TPSA) is 65.7 Å². The van der Waals surface area contributed by atoms with Gasteiger partial charge >= 0.3 is 0 Å². The van der Waals surface area contributed by atoms with E-state index >= 15 is 0 Å². The molecule has 7 aromatic rings. The maximum atomic E-state index is 10.1. The normalized spacial score (nSPS) is 14.2. The van der Waals surface area contributed by atoms with E-state index in [-0.39, 0.29) is 0 Å². The fourth-order valence-electron chi connectivity index (χ4n) is 6.54. The van der Waals surface area contributed by atoms with Gasteiger partial charge in [-0.2, -0.15) is 10.5 Å². The van der Waals surface area contributed by atoms with Crippen LogP contribution in [0.5, 0.6) is 0 Å². The maximum Gasteiger partial charge on any atom is 0.135 e. The molecule has 2 heterocycles. The summed E-state index contributed by atoms with van der Waals surface area (Å²) < 4.78 is 8.31. The fourth-order valence-corrected chi connectivity index (χ4v) is 6.54. The SMILES string of the molecule is C[C@H]1C=Cc2c(c3ccccc3n2-c2cc(C#N)cc(-c3cc(C#N)cc(-c4ccc5oc6ccccc6c5c4)c3)c2)C1. The summed E-state index contributed by atoms with van der Waals surface area (Å²) in [5.41, 5.74) is 11.1. The monoisotopic (exact) mass is 551 g/mol. The van der Waals surface area contributed by atoms with Crippen LogP contribution < -0.4 is 0 Å². The van der Waals surface area contributed by atoms with Crippen molar-refractivity contribution < 1.29 is 4.42 Å². The second-order valence-corrected chi connectivity index (χ2v) is 11.4. The zero-order valence-corrected chi connectivity index (χ0v) is 23.5. The molecular formula is C39H25N3O. The third kappa shape index (κ3) is 4.04. The molecule has 0 saturated carbocycles. The van der Waals surface area contributed by atoms with Crippen LogP contribution in [0.3, 0.4) is 0 Å². The molecule has 8 rings (SSSR count). The number of allylic oxidation sites excluding steroid dienone is 1. The molecule has 1 aliphatic carbocycles. The zero-order chi connectivity index (χ0) is 29.1. The Labute approximate surface area is 249 Å². The Bertz CT molecular complexity index is 2370. The summed E-state index contributed by atoms with van der Waals surface area (Å²) in [6.07, 6.45) is 5.45. The summed E-state index contributed by atoms with van der Waals surface area (Å²) in [5, 5.41) is 23.4. The van der Waals surface area contributed by atoms with E-state index in [2.05, 4.69) is 84.3 Å². The molecule has 0 N–H and O–H groups in total. The molecule has 1 aliphatic rings. The van der Waals surface area contributed by atoms with Crippen molar-refractivity contribution in [1.82, 2.24) is 4.57 Å². The number of fused-ring (bicyclic) bond motifs is 6. The van der Waals surface area contributed by atoms with Crippen molar-refractivity contribution in [3.05, 3.63) is 132 Å². The molecule has 0 spiro atoms. The number of nitrogens with zero attached hydrogens (tertiary/aromatic N) is 3. The van der Waals surface area contributed by atoms with E-state index in [9.17, 15) is 10.5 Å². The molecule has 1 atom stereocenters. The van der Waals surface area contributed by atoms with Gasteiger partial charge in [-0.15, -0.1) is 0 Å². The Morgan fingerprint density at radius 1 is 0.674 bits per heavy atom. The van der Waals surface area contributed by atoms with Gasteiger partial charge in [0.15, 0.2) is 0 Å². The van der Waals surface area contributed by atoms with Crippen LogP contribution in [-0.4, -0.2) is 4.57 Å². The lowest BCUT2D eigenvalue weighted by Crippen LogP contribution is -2.05. The minimum absolute atomic E-state index is 0.471. The molecule has 0 fully saturated rings. The van der Waals surface area contributed by atoms with E-state index in [1.165, 1.54) is 10.9 Å². The van der Waals surface area contributed by atoms with Gasteiger partial charge in [0.2, 0.25) is 0 Å². The summed E-state index contributed by atoms with van der Waals surface area (Å²) in [4.78, 5) is 0. The van der Waals surface area contributed by atoms with Gasteiger partial charge in [-0.1, -0.05) is 55.5 Å². The molecular weight excluding hydrogens is 526 g/mol. The molecule has 0 aliphatic heterocycles. The Hall–Kier alpha value is -5.84. The molecule has 4 nitrogen and oxygen atoms in total. The number of hydrogen-bond donors (Lipinski definition) is 0. The minimum atomic E-state index is 0.471. The largest absolute Gasteiger partial charge is 0.456 e. The summed E-state index contributed by atoms with van der Waals surface area (Å²) in [5.74, 6) is 0.471. The number of furan rings is 1. The summed E-state index contributed by atoms with van der Waals surface area (Å²) in [7, 11) is 0. The van der Waals surface area contributed by atoms with Crippen LogP contribution in [0.2, 0.25) is 0 Å². The van der Waals surface area contributed by atoms with E-state index in [0.717, 1.165) is 67.5 Å². The Morgan fingerprint density at radius 3 is 2.16 bits per heavy atom. The van der Waals surface area contributed by atoms with Gasteiger partial charge in [-0.3, -0.25) is 0 Å². The number of aromatic nitrogens is 1. The molecule has 0 radical (unpaired) electrons. The van der Waals surface area contributed by atoms with Crippen molar-refractivity contribution in [1.29, 1.82) is 10.5 Å². The molecule has 0 amide bonds. The van der Waals surface area contributed by atoms with Gasteiger partial charge in [0.1, 0.15) is 11.2 Å². The van der Waals surface area contributed by atoms with Crippen molar-refractivity contribution in [2.75, 3.05) is 0 Å². The average molecular weight is 552 g/mol. The first kappa shape index (κ1) is 24.9. The zero-order valence-electron chi connectivity index (χ0n) is 23.5. The predicted octanol–water partition coefficient (Wildman–Crippen LogP) is 9.81. The van der Waals surface area contributed by atoms with E-state index in [4.69, 9.17) is 4.42 Å². The van der Waals surface area contributed by atoms with E-state index in [0.29, 0.717) is 17.0 Å². The number of para-hydroxylation sites is 2.